The first kappa shape index (κ1) is 16.2. The summed E-state index contributed by atoms with van der Waals surface area (Å²) in [6.07, 6.45) is 0. The normalized spacial score (nSPS) is 11.2. The van der Waals surface area contributed by atoms with Crippen molar-refractivity contribution >= 4 is 21.5 Å². The SMILES string of the molecule is CCN(c1ccc(C(C)=O)cc1)S(=O)(=O)Cc1ccccc1. The van der Waals surface area contributed by atoms with Crippen LogP contribution in [-0.2, 0) is 15.8 Å². The van der Waals surface area contributed by atoms with E-state index in [0.717, 1.165) is 5.56 Å². The van der Waals surface area contributed by atoms with E-state index in [1.54, 1.807) is 43.3 Å². The first-order valence-electron chi connectivity index (χ1n) is 7.09. The smallest absolute Gasteiger partial charge is 0.239 e. The van der Waals surface area contributed by atoms with E-state index < -0.39 is 10.0 Å². The molecule has 0 fully saturated rings. The highest BCUT2D eigenvalue weighted by Gasteiger charge is 2.21. The fourth-order valence-electron chi connectivity index (χ4n) is 2.27. The van der Waals surface area contributed by atoms with Crippen molar-refractivity contribution in [3.05, 3.63) is 65.7 Å². The molecule has 0 aliphatic heterocycles. The summed E-state index contributed by atoms with van der Waals surface area (Å²) in [5.74, 6) is -0.0856. The van der Waals surface area contributed by atoms with E-state index in [-0.39, 0.29) is 11.5 Å². The topological polar surface area (TPSA) is 54.5 Å². The summed E-state index contributed by atoms with van der Waals surface area (Å²) in [5, 5.41) is 0. The quantitative estimate of drug-likeness (QED) is 0.769. The van der Waals surface area contributed by atoms with Crippen LogP contribution in [0.25, 0.3) is 0 Å². The van der Waals surface area contributed by atoms with E-state index >= 15 is 0 Å². The molecule has 116 valence electrons. The highest BCUT2D eigenvalue weighted by molar-refractivity contribution is 7.92. The van der Waals surface area contributed by atoms with E-state index in [1.165, 1.54) is 11.2 Å². The number of ketones is 1. The second-order valence-electron chi connectivity index (χ2n) is 5.01. The van der Waals surface area contributed by atoms with Gasteiger partial charge >= 0.3 is 0 Å². The lowest BCUT2D eigenvalue weighted by Gasteiger charge is -2.23. The van der Waals surface area contributed by atoms with E-state index in [2.05, 4.69) is 0 Å². The van der Waals surface area contributed by atoms with Crippen LogP contribution in [-0.4, -0.2) is 20.7 Å². The predicted molar refractivity (Wildman–Crippen MR) is 88.5 cm³/mol. The third kappa shape index (κ3) is 3.74. The number of nitrogens with zero attached hydrogens (tertiary/aromatic N) is 1. The molecule has 2 aromatic rings. The fourth-order valence-corrected chi connectivity index (χ4v) is 3.87. The zero-order valence-corrected chi connectivity index (χ0v) is 13.5. The molecule has 22 heavy (non-hydrogen) atoms. The molecular formula is C17H19NO3S. The largest absolute Gasteiger partial charge is 0.295 e. The van der Waals surface area contributed by atoms with Gasteiger partial charge in [-0.25, -0.2) is 8.42 Å². The van der Waals surface area contributed by atoms with Crippen LogP contribution >= 0.6 is 0 Å². The van der Waals surface area contributed by atoms with Gasteiger partial charge in [0.05, 0.1) is 11.4 Å². The van der Waals surface area contributed by atoms with Gasteiger partial charge in [-0.3, -0.25) is 9.10 Å². The average molecular weight is 317 g/mol. The van der Waals surface area contributed by atoms with Gasteiger partial charge in [0.25, 0.3) is 0 Å². The Hall–Kier alpha value is -2.14. The number of carbonyl (C=O) groups excluding carboxylic acids is 1. The van der Waals surface area contributed by atoms with Crippen LogP contribution in [0, 0.1) is 0 Å². The molecule has 0 aliphatic carbocycles. The maximum Gasteiger partial charge on any atom is 0.239 e. The monoisotopic (exact) mass is 317 g/mol. The standard InChI is InChI=1S/C17H19NO3S/c1-3-18(17-11-9-16(10-12-17)14(2)19)22(20,21)13-15-7-5-4-6-8-15/h4-12H,3,13H2,1-2H3. The third-order valence-electron chi connectivity index (χ3n) is 3.38. The summed E-state index contributed by atoms with van der Waals surface area (Å²) in [4.78, 5) is 11.3. The average Bonchev–Trinajstić information content (AvgIpc) is 2.48. The Kier molecular flexibility index (Phi) is 4.98. The highest BCUT2D eigenvalue weighted by Crippen LogP contribution is 2.21. The molecule has 0 bridgehead atoms. The molecule has 0 spiro atoms. The van der Waals surface area contributed by atoms with Crippen molar-refractivity contribution in [3.63, 3.8) is 0 Å². The lowest BCUT2D eigenvalue weighted by Crippen LogP contribution is -2.31. The number of sulfonamides is 1. The van der Waals surface area contributed by atoms with E-state index in [1.807, 2.05) is 18.2 Å². The van der Waals surface area contributed by atoms with Crippen molar-refractivity contribution in [2.75, 3.05) is 10.8 Å². The molecule has 0 aliphatic rings. The Morgan fingerprint density at radius 2 is 1.59 bits per heavy atom. The molecule has 2 aromatic carbocycles. The summed E-state index contributed by atoms with van der Waals surface area (Å²) in [5.41, 5.74) is 1.89. The lowest BCUT2D eigenvalue weighted by atomic mass is 10.1. The first-order valence-corrected chi connectivity index (χ1v) is 8.70. The van der Waals surface area contributed by atoms with Gasteiger partial charge < -0.3 is 0 Å². The Morgan fingerprint density at radius 1 is 1.00 bits per heavy atom. The van der Waals surface area contributed by atoms with Crippen molar-refractivity contribution in [1.82, 2.24) is 0 Å². The molecule has 0 unspecified atom stereocenters. The van der Waals surface area contributed by atoms with Gasteiger partial charge in [0, 0.05) is 12.1 Å². The Balaban J connectivity index is 2.28. The highest BCUT2D eigenvalue weighted by atomic mass is 32.2. The second kappa shape index (κ2) is 6.75. The van der Waals surface area contributed by atoms with Crippen LogP contribution in [0.4, 0.5) is 5.69 Å². The van der Waals surface area contributed by atoms with Crippen LogP contribution in [0.3, 0.4) is 0 Å². The summed E-state index contributed by atoms with van der Waals surface area (Å²) >= 11 is 0. The fraction of sp³-hybridized carbons (Fsp3) is 0.235. The minimum Gasteiger partial charge on any atom is -0.295 e. The number of hydrogen-bond donors (Lipinski definition) is 0. The van der Waals surface area contributed by atoms with Crippen molar-refractivity contribution in [1.29, 1.82) is 0 Å². The van der Waals surface area contributed by atoms with Crippen LogP contribution in [0.1, 0.15) is 29.8 Å². The predicted octanol–water partition coefficient (Wildman–Crippen LogP) is 3.25. The molecule has 0 aromatic heterocycles. The third-order valence-corrected chi connectivity index (χ3v) is 5.22. The summed E-state index contributed by atoms with van der Waals surface area (Å²) < 4.78 is 26.6. The minimum absolute atomic E-state index is 0.0401. The molecule has 0 atom stereocenters. The maximum atomic E-state index is 12.6. The molecule has 0 saturated carbocycles. The zero-order valence-electron chi connectivity index (χ0n) is 12.7. The van der Waals surface area contributed by atoms with Crippen LogP contribution in [0.5, 0.6) is 0 Å². The number of Topliss-reactive ketones (excluding diaryl/α,β-unsaturated/α-hetero) is 1. The van der Waals surface area contributed by atoms with Crippen molar-refractivity contribution in [3.8, 4) is 0 Å². The van der Waals surface area contributed by atoms with Crippen molar-refractivity contribution in [2.24, 2.45) is 0 Å². The molecule has 4 nitrogen and oxygen atoms in total. The summed E-state index contributed by atoms with van der Waals surface area (Å²) in [7, 11) is -3.46. The van der Waals surface area contributed by atoms with E-state index in [4.69, 9.17) is 0 Å². The number of rotatable bonds is 6. The number of benzene rings is 2. The summed E-state index contributed by atoms with van der Waals surface area (Å²) in [6, 6.07) is 15.7. The molecule has 0 heterocycles. The van der Waals surface area contributed by atoms with Crippen LogP contribution < -0.4 is 4.31 Å². The Morgan fingerprint density at radius 3 is 2.09 bits per heavy atom. The molecule has 0 saturated heterocycles. The molecule has 5 heteroatoms. The molecule has 2 rings (SSSR count). The summed E-state index contributed by atoms with van der Waals surface area (Å²) in [6.45, 7) is 3.62. The van der Waals surface area contributed by atoms with Crippen molar-refractivity contribution in [2.45, 2.75) is 19.6 Å². The van der Waals surface area contributed by atoms with Gasteiger partial charge in [-0.1, -0.05) is 30.3 Å². The molecule has 0 N–H and O–H groups in total. The Bertz CT molecular complexity index is 737. The van der Waals surface area contributed by atoms with Gasteiger partial charge in [-0.2, -0.15) is 0 Å². The number of anilines is 1. The zero-order chi connectivity index (χ0) is 16.2. The van der Waals surface area contributed by atoms with Crippen LogP contribution in [0.15, 0.2) is 54.6 Å². The second-order valence-corrected chi connectivity index (χ2v) is 6.90. The van der Waals surface area contributed by atoms with E-state index in [0.29, 0.717) is 17.8 Å². The van der Waals surface area contributed by atoms with Crippen LogP contribution in [0.2, 0.25) is 0 Å². The van der Waals surface area contributed by atoms with E-state index in [9.17, 15) is 13.2 Å². The maximum absolute atomic E-state index is 12.6. The first-order chi connectivity index (χ1) is 10.4. The van der Waals surface area contributed by atoms with Gasteiger partial charge in [-0.05, 0) is 43.7 Å². The Labute approximate surface area is 131 Å². The minimum atomic E-state index is -3.46. The van der Waals surface area contributed by atoms with Gasteiger partial charge in [0.2, 0.25) is 10.0 Å². The van der Waals surface area contributed by atoms with Gasteiger partial charge in [0.15, 0.2) is 5.78 Å². The molecule has 0 radical (unpaired) electrons. The molecular weight excluding hydrogens is 298 g/mol. The lowest BCUT2D eigenvalue weighted by molar-refractivity contribution is 0.101. The van der Waals surface area contributed by atoms with Crippen molar-refractivity contribution < 1.29 is 13.2 Å². The molecule has 0 amide bonds. The number of carbonyl (C=O) groups is 1. The van der Waals surface area contributed by atoms with Gasteiger partial charge in [0.1, 0.15) is 0 Å². The van der Waals surface area contributed by atoms with Gasteiger partial charge in [-0.15, -0.1) is 0 Å². The number of hydrogen-bond acceptors (Lipinski definition) is 3.